The summed E-state index contributed by atoms with van der Waals surface area (Å²) >= 11 is 0. The van der Waals surface area contributed by atoms with E-state index in [-0.39, 0.29) is 11.9 Å². The Morgan fingerprint density at radius 2 is 1.94 bits per heavy atom. The topological polar surface area (TPSA) is 38.9 Å². The van der Waals surface area contributed by atoms with Crippen LogP contribution in [0.25, 0.3) is 0 Å². The van der Waals surface area contributed by atoms with Crippen molar-refractivity contribution >= 4 is 0 Å². The van der Waals surface area contributed by atoms with E-state index in [1.165, 1.54) is 6.07 Å². The smallest absolute Gasteiger partial charge is 0.126 e. The van der Waals surface area contributed by atoms with Crippen LogP contribution in [0.4, 0.5) is 4.39 Å². The maximum Gasteiger partial charge on any atom is 0.126 e. The molecule has 2 aromatic rings. The molecule has 1 aromatic heterocycles. The average molecular weight is 230 g/mol. The third-order valence-corrected chi connectivity index (χ3v) is 2.96. The van der Waals surface area contributed by atoms with E-state index in [9.17, 15) is 4.39 Å². The number of pyridine rings is 1. The van der Waals surface area contributed by atoms with E-state index in [0.29, 0.717) is 5.56 Å². The van der Waals surface area contributed by atoms with Gasteiger partial charge >= 0.3 is 0 Å². The fraction of sp³-hybridized carbons (Fsp3) is 0.214. The quantitative estimate of drug-likeness (QED) is 0.861. The molecule has 0 saturated heterocycles. The second-order valence-corrected chi connectivity index (χ2v) is 4.22. The molecule has 0 bridgehead atoms. The van der Waals surface area contributed by atoms with Crippen LogP contribution in [0.2, 0.25) is 0 Å². The number of aromatic nitrogens is 1. The predicted molar refractivity (Wildman–Crippen MR) is 66.1 cm³/mol. The van der Waals surface area contributed by atoms with Gasteiger partial charge in [-0.2, -0.15) is 0 Å². The minimum atomic E-state index is -0.261. The molecule has 0 radical (unpaired) electrons. The van der Waals surface area contributed by atoms with Crippen molar-refractivity contribution in [2.24, 2.45) is 5.73 Å². The summed E-state index contributed by atoms with van der Waals surface area (Å²) in [5, 5.41) is 0. The first-order valence-corrected chi connectivity index (χ1v) is 5.51. The highest BCUT2D eigenvalue weighted by atomic mass is 19.1. The van der Waals surface area contributed by atoms with Gasteiger partial charge in [-0.25, -0.2) is 4.39 Å². The maximum absolute atomic E-state index is 13.2. The lowest BCUT2D eigenvalue weighted by Crippen LogP contribution is -2.13. The number of halogens is 1. The Balaban J connectivity index is 2.40. The van der Waals surface area contributed by atoms with E-state index < -0.39 is 0 Å². The second kappa shape index (κ2) is 4.63. The van der Waals surface area contributed by atoms with Gasteiger partial charge in [0.05, 0.1) is 6.04 Å². The first-order valence-electron chi connectivity index (χ1n) is 5.51. The maximum atomic E-state index is 13.2. The van der Waals surface area contributed by atoms with Crippen LogP contribution in [0.3, 0.4) is 0 Å². The molecule has 88 valence electrons. The predicted octanol–water partition coefficient (Wildman–Crippen LogP) is 2.89. The number of aryl methyl sites for hydroxylation is 2. The van der Waals surface area contributed by atoms with Crippen molar-refractivity contribution in [3.8, 4) is 0 Å². The molecule has 1 heterocycles. The van der Waals surface area contributed by atoms with Crippen LogP contribution >= 0.6 is 0 Å². The largest absolute Gasteiger partial charge is 0.320 e. The van der Waals surface area contributed by atoms with Gasteiger partial charge in [0.2, 0.25) is 0 Å². The summed E-state index contributed by atoms with van der Waals surface area (Å²) in [5.41, 5.74) is 9.75. The highest BCUT2D eigenvalue weighted by Gasteiger charge is 2.12. The summed E-state index contributed by atoms with van der Waals surface area (Å²) in [5.74, 6) is -0.205. The molecule has 2 rings (SSSR count). The Morgan fingerprint density at radius 3 is 2.59 bits per heavy atom. The van der Waals surface area contributed by atoms with Gasteiger partial charge in [0, 0.05) is 12.4 Å². The summed E-state index contributed by atoms with van der Waals surface area (Å²) in [6, 6.07) is 6.62. The molecule has 0 amide bonds. The first kappa shape index (κ1) is 11.7. The van der Waals surface area contributed by atoms with Crippen molar-refractivity contribution in [2.45, 2.75) is 19.9 Å². The van der Waals surface area contributed by atoms with E-state index in [1.807, 2.05) is 13.0 Å². The van der Waals surface area contributed by atoms with E-state index in [1.54, 1.807) is 31.5 Å². The molecule has 17 heavy (non-hydrogen) atoms. The molecule has 0 spiro atoms. The normalized spacial score (nSPS) is 12.5. The van der Waals surface area contributed by atoms with Crippen LogP contribution in [0.1, 0.15) is 28.3 Å². The average Bonchev–Trinajstić information content (AvgIpc) is 2.32. The van der Waals surface area contributed by atoms with Crippen molar-refractivity contribution in [2.75, 3.05) is 0 Å². The van der Waals surface area contributed by atoms with E-state index in [4.69, 9.17) is 5.73 Å². The number of nitrogens with two attached hydrogens (primary N) is 1. The van der Waals surface area contributed by atoms with Crippen molar-refractivity contribution in [1.82, 2.24) is 4.98 Å². The van der Waals surface area contributed by atoms with Gasteiger partial charge in [0.1, 0.15) is 5.82 Å². The van der Waals surface area contributed by atoms with Crippen LogP contribution in [-0.4, -0.2) is 4.98 Å². The minimum Gasteiger partial charge on any atom is -0.320 e. The van der Waals surface area contributed by atoms with Crippen LogP contribution in [0, 0.1) is 19.7 Å². The lowest BCUT2D eigenvalue weighted by atomic mass is 9.96. The molecule has 1 atom stereocenters. The van der Waals surface area contributed by atoms with Crippen molar-refractivity contribution < 1.29 is 4.39 Å². The number of rotatable bonds is 2. The number of hydrogen-bond acceptors (Lipinski definition) is 2. The zero-order valence-electron chi connectivity index (χ0n) is 9.94. The SMILES string of the molecule is Cc1cc(C(N)c2cnccc2C)ccc1F. The Labute approximate surface area is 100 Å². The molecule has 0 aliphatic rings. The first-order chi connectivity index (χ1) is 8.09. The summed E-state index contributed by atoms with van der Waals surface area (Å²) < 4.78 is 13.2. The Bertz CT molecular complexity index is 537. The van der Waals surface area contributed by atoms with Crippen LogP contribution in [0.15, 0.2) is 36.7 Å². The summed E-state index contributed by atoms with van der Waals surface area (Å²) in [6.07, 6.45) is 3.50. The van der Waals surface area contributed by atoms with Gasteiger partial charge < -0.3 is 5.73 Å². The minimum absolute atomic E-state index is 0.205. The van der Waals surface area contributed by atoms with Gasteiger partial charge in [0.15, 0.2) is 0 Å². The number of nitrogens with zero attached hydrogens (tertiary/aromatic N) is 1. The van der Waals surface area contributed by atoms with Gasteiger partial charge in [-0.05, 0) is 48.2 Å². The molecule has 0 aliphatic carbocycles. The molecule has 3 heteroatoms. The molecule has 0 fully saturated rings. The van der Waals surface area contributed by atoms with Gasteiger partial charge in [-0.3, -0.25) is 4.98 Å². The Morgan fingerprint density at radius 1 is 1.18 bits per heavy atom. The third-order valence-electron chi connectivity index (χ3n) is 2.96. The molecule has 1 aromatic carbocycles. The second-order valence-electron chi connectivity index (χ2n) is 4.22. The molecule has 0 saturated carbocycles. The molecule has 1 unspecified atom stereocenters. The molecule has 0 aliphatic heterocycles. The Hall–Kier alpha value is -1.74. The summed E-state index contributed by atoms with van der Waals surface area (Å²) in [4.78, 5) is 4.08. The third kappa shape index (κ3) is 2.34. The summed E-state index contributed by atoms with van der Waals surface area (Å²) in [7, 11) is 0. The van der Waals surface area contributed by atoms with Crippen LogP contribution in [0.5, 0.6) is 0 Å². The standard InChI is InChI=1S/C14H15FN2/c1-9-5-6-17-8-12(9)14(16)11-3-4-13(15)10(2)7-11/h3-8,14H,16H2,1-2H3. The van der Waals surface area contributed by atoms with E-state index >= 15 is 0 Å². The monoisotopic (exact) mass is 230 g/mol. The van der Waals surface area contributed by atoms with Gasteiger partial charge in [-0.1, -0.05) is 12.1 Å². The molecular formula is C14H15FN2. The zero-order valence-corrected chi connectivity index (χ0v) is 9.94. The fourth-order valence-electron chi connectivity index (χ4n) is 1.84. The molecule has 2 nitrogen and oxygen atoms in total. The zero-order chi connectivity index (χ0) is 12.4. The summed E-state index contributed by atoms with van der Waals surface area (Å²) in [6.45, 7) is 3.73. The number of hydrogen-bond donors (Lipinski definition) is 1. The highest BCUT2D eigenvalue weighted by Crippen LogP contribution is 2.23. The van der Waals surface area contributed by atoms with Crippen molar-refractivity contribution in [3.05, 3.63) is 64.7 Å². The fourth-order valence-corrected chi connectivity index (χ4v) is 1.84. The van der Waals surface area contributed by atoms with Crippen LogP contribution < -0.4 is 5.73 Å². The van der Waals surface area contributed by atoms with Crippen molar-refractivity contribution in [3.63, 3.8) is 0 Å². The van der Waals surface area contributed by atoms with Crippen LogP contribution in [-0.2, 0) is 0 Å². The van der Waals surface area contributed by atoms with E-state index in [0.717, 1.165) is 16.7 Å². The Kier molecular flexibility index (Phi) is 3.20. The molecular weight excluding hydrogens is 215 g/mol. The lowest BCUT2D eigenvalue weighted by molar-refractivity contribution is 0.617. The number of benzene rings is 1. The van der Waals surface area contributed by atoms with Gasteiger partial charge in [0.25, 0.3) is 0 Å². The van der Waals surface area contributed by atoms with Gasteiger partial charge in [-0.15, -0.1) is 0 Å². The lowest BCUT2D eigenvalue weighted by Gasteiger charge is -2.15. The van der Waals surface area contributed by atoms with E-state index in [2.05, 4.69) is 4.98 Å². The van der Waals surface area contributed by atoms with Crippen molar-refractivity contribution in [1.29, 1.82) is 0 Å². The molecule has 2 N–H and O–H groups in total. The highest BCUT2D eigenvalue weighted by molar-refractivity contribution is 5.36.